The second kappa shape index (κ2) is 11.7. The average molecular weight is 645 g/mol. The summed E-state index contributed by atoms with van der Waals surface area (Å²) in [5.41, 5.74) is 13.1. The number of nitrogens with zero attached hydrogens (tertiary/aromatic N) is 2. The van der Waals surface area contributed by atoms with Crippen LogP contribution in [0.3, 0.4) is 0 Å². The second-order valence-corrected chi connectivity index (χ2v) is 14.1. The Balaban J connectivity index is 1.37. The highest BCUT2D eigenvalue weighted by Gasteiger charge is 2.26. The van der Waals surface area contributed by atoms with Crippen molar-refractivity contribution in [2.75, 3.05) is 0 Å². The molecule has 0 fully saturated rings. The van der Waals surface area contributed by atoms with Crippen molar-refractivity contribution in [3.63, 3.8) is 0 Å². The summed E-state index contributed by atoms with van der Waals surface area (Å²) in [5, 5.41) is 3.34. The fraction of sp³-hybridized carbons (Fsp3) is 0.0851. The molecule has 9 rings (SSSR count). The molecule has 0 amide bonds. The molecule has 0 radical (unpaired) electrons. The largest absolute Gasteiger partial charge is 0.464 e. The Bertz CT molecular complexity index is 2600. The smallest absolute Gasteiger partial charge is 0.149 e. The minimum Gasteiger partial charge on any atom is -0.464 e. The van der Waals surface area contributed by atoms with Gasteiger partial charge in [0.1, 0.15) is 17.7 Å². The zero-order chi connectivity index (χ0) is 33.8. The predicted molar refractivity (Wildman–Crippen MR) is 209 cm³/mol. The first kappa shape index (κ1) is 29.9. The maximum atomic E-state index is 6.35. The molecule has 3 heteroatoms. The van der Waals surface area contributed by atoms with Gasteiger partial charge in [0.25, 0.3) is 0 Å². The molecule has 50 heavy (non-hydrogen) atoms. The Kier molecular flexibility index (Phi) is 7.03. The van der Waals surface area contributed by atoms with Crippen LogP contribution in [-0.4, -0.2) is 9.55 Å². The van der Waals surface area contributed by atoms with E-state index in [4.69, 9.17) is 9.40 Å². The normalized spacial score (nSPS) is 11.9. The summed E-state index contributed by atoms with van der Waals surface area (Å²) < 4.78 is 8.72. The van der Waals surface area contributed by atoms with E-state index < -0.39 is 0 Å². The van der Waals surface area contributed by atoms with Gasteiger partial charge in [-0.2, -0.15) is 0 Å². The summed E-state index contributed by atoms with van der Waals surface area (Å²) in [7, 11) is 0. The number of fused-ring (bicyclic) bond motifs is 3. The van der Waals surface area contributed by atoms with Crippen LogP contribution < -0.4 is 0 Å². The lowest BCUT2D eigenvalue weighted by molar-refractivity contribution is 0.590. The summed E-state index contributed by atoms with van der Waals surface area (Å²) in [6.07, 6.45) is 1.88. The number of imidazole rings is 1. The highest BCUT2D eigenvalue weighted by Crippen LogP contribution is 2.44. The fourth-order valence-corrected chi connectivity index (χ4v) is 7.17. The van der Waals surface area contributed by atoms with Crippen molar-refractivity contribution >= 4 is 32.8 Å². The predicted octanol–water partition coefficient (Wildman–Crippen LogP) is 12.9. The minimum atomic E-state index is -0.0636. The molecule has 9 aromatic rings. The Morgan fingerprint density at radius 2 is 1.12 bits per heavy atom. The standard InChI is InChI=1S/C47H36N2O/c1-47(2,3)37-28-38(32-17-9-5-10-18-32)45(39(29-37)33-19-11-6-12-20-33)49-43-22-14-13-21-42(43)48-46(49)41-30-50-44-27-35-24-23-34(25-36(35)26-40(41)44)31-15-7-4-8-16-31/h4-30H,1-3H3. The SMILES string of the molecule is CC(C)(C)c1cc(-c2ccccc2)c(-n2c(-c3coc4cc5ccc(-c6ccccc6)cc5cc34)nc3ccccc32)c(-c2ccccc2)c1. The summed E-state index contributed by atoms with van der Waals surface area (Å²) in [4.78, 5) is 5.37. The van der Waals surface area contributed by atoms with E-state index in [0.29, 0.717) is 0 Å². The molecule has 0 aliphatic rings. The number of aromatic nitrogens is 2. The summed E-state index contributed by atoms with van der Waals surface area (Å²) in [5.74, 6) is 0.849. The number of para-hydroxylation sites is 2. The maximum absolute atomic E-state index is 6.35. The van der Waals surface area contributed by atoms with Crippen molar-refractivity contribution < 1.29 is 4.42 Å². The Labute approximate surface area is 292 Å². The molecule has 0 atom stereocenters. The molecule has 240 valence electrons. The van der Waals surface area contributed by atoms with Crippen LogP contribution in [0.15, 0.2) is 168 Å². The number of benzene rings is 7. The van der Waals surface area contributed by atoms with Gasteiger partial charge in [-0.3, -0.25) is 4.57 Å². The van der Waals surface area contributed by atoms with Crippen LogP contribution in [0.1, 0.15) is 26.3 Å². The lowest BCUT2D eigenvalue weighted by atomic mass is 9.82. The third-order valence-corrected chi connectivity index (χ3v) is 9.81. The summed E-state index contributed by atoms with van der Waals surface area (Å²) in [6, 6.07) is 56.3. The van der Waals surface area contributed by atoms with Crippen LogP contribution in [-0.2, 0) is 5.41 Å². The zero-order valence-corrected chi connectivity index (χ0v) is 28.4. The summed E-state index contributed by atoms with van der Waals surface area (Å²) >= 11 is 0. The molecule has 0 saturated carbocycles. The lowest BCUT2D eigenvalue weighted by Crippen LogP contribution is -2.13. The van der Waals surface area contributed by atoms with Gasteiger partial charge in [0, 0.05) is 16.5 Å². The molecular weight excluding hydrogens is 609 g/mol. The van der Waals surface area contributed by atoms with Crippen LogP contribution in [0, 0.1) is 0 Å². The molecule has 0 N–H and O–H groups in total. The third-order valence-electron chi connectivity index (χ3n) is 9.81. The maximum Gasteiger partial charge on any atom is 0.149 e. The molecule has 0 aliphatic carbocycles. The molecule has 2 heterocycles. The van der Waals surface area contributed by atoms with E-state index in [1.165, 1.54) is 16.7 Å². The molecule has 7 aromatic carbocycles. The van der Waals surface area contributed by atoms with Crippen LogP contribution in [0.2, 0.25) is 0 Å². The Hall–Kier alpha value is -6.19. The molecule has 2 aromatic heterocycles. The lowest BCUT2D eigenvalue weighted by Gasteiger charge is -2.26. The van der Waals surface area contributed by atoms with Crippen molar-refractivity contribution in [2.45, 2.75) is 26.2 Å². The first-order valence-electron chi connectivity index (χ1n) is 17.2. The number of hydrogen-bond acceptors (Lipinski definition) is 2. The number of rotatable bonds is 5. The molecule has 0 bridgehead atoms. The topological polar surface area (TPSA) is 31.0 Å². The van der Waals surface area contributed by atoms with Gasteiger partial charge in [0.2, 0.25) is 0 Å². The van der Waals surface area contributed by atoms with Crippen molar-refractivity contribution in [1.29, 1.82) is 0 Å². The monoisotopic (exact) mass is 644 g/mol. The van der Waals surface area contributed by atoms with Gasteiger partial charge < -0.3 is 4.42 Å². The van der Waals surface area contributed by atoms with Crippen molar-refractivity contribution in [3.05, 3.63) is 170 Å². The molecule has 0 saturated heterocycles. The van der Waals surface area contributed by atoms with E-state index in [1.807, 2.05) is 6.26 Å². The van der Waals surface area contributed by atoms with Gasteiger partial charge in [-0.15, -0.1) is 0 Å². The van der Waals surface area contributed by atoms with E-state index in [1.54, 1.807) is 0 Å². The van der Waals surface area contributed by atoms with Gasteiger partial charge in [0.15, 0.2) is 0 Å². The van der Waals surface area contributed by atoms with E-state index >= 15 is 0 Å². The van der Waals surface area contributed by atoms with Crippen molar-refractivity contribution in [3.8, 4) is 50.5 Å². The zero-order valence-electron chi connectivity index (χ0n) is 28.4. The fourth-order valence-electron chi connectivity index (χ4n) is 7.17. The first-order valence-corrected chi connectivity index (χ1v) is 17.2. The Morgan fingerprint density at radius 3 is 1.76 bits per heavy atom. The van der Waals surface area contributed by atoms with Crippen LogP contribution in [0.25, 0.3) is 83.2 Å². The quantitative estimate of drug-likeness (QED) is 0.187. The van der Waals surface area contributed by atoms with Crippen LogP contribution in [0.5, 0.6) is 0 Å². The third kappa shape index (κ3) is 5.10. The average Bonchev–Trinajstić information content (AvgIpc) is 3.74. The molecular formula is C47H36N2O. The molecule has 0 aliphatic heterocycles. The minimum absolute atomic E-state index is 0.0636. The highest BCUT2D eigenvalue weighted by atomic mass is 16.3. The van der Waals surface area contributed by atoms with Crippen LogP contribution in [0.4, 0.5) is 0 Å². The molecule has 0 spiro atoms. The number of furan rings is 1. The van der Waals surface area contributed by atoms with E-state index in [9.17, 15) is 0 Å². The van der Waals surface area contributed by atoms with Gasteiger partial charge in [-0.25, -0.2) is 4.98 Å². The van der Waals surface area contributed by atoms with E-state index in [2.05, 4.69) is 183 Å². The second-order valence-electron chi connectivity index (χ2n) is 14.1. The van der Waals surface area contributed by atoms with E-state index in [-0.39, 0.29) is 5.41 Å². The number of hydrogen-bond donors (Lipinski definition) is 0. The van der Waals surface area contributed by atoms with Crippen molar-refractivity contribution in [2.24, 2.45) is 0 Å². The Morgan fingerprint density at radius 1 is 0.520 bits per heavy atom. The van der Waals surface area contributed by atoms with Gasteiger partial charge >= 0.3 is 0 Å². The highest BCUT2D eigenvalue weighted by molar-refractivity contribution is 6.05. The molecule has 3 nitrogen and oxygen atoms in total. The van der Waals surface area contributed by atoms with E-state index in [0.717, 1.165) is 72.1 Å². The first-order chi connectivity index (χ1) is 24.4. The van der Waals surface area contributed by atoms with Crippen LogP contribution >= 0.6 is 0 Å². The molecule has 0 unspecified atom stereocenters. The van der Waals surface area contributed by atoms with Gasteiger partial charge in [-0.1, -0.05) is 136 Å². The van der Waals surface area contributed by atoms with Crippen molar-refractivity contribution in [1.82, 2.24) is 9.55 Å². The van der Waals surface area contributed by atoms with Gasteiger partial charge in [0.05, 0.1) is 22.3 Å². The summed E-state index contributed by atoms with van der Waals surface area (Å²) in [6.45, 7) is 6.86. The van der Waals surface area contributed by atoms with Gasteiger partial charge in [-0.05, 0) is 86.5 Å².